The SMILES string of the molecule is CCNC(=NCCCc1nnc2n1CCCCC2)NC(C)c1ccc(C)o1.I. The summed E-state index contributed by atoms with van der Waals surface area (Å²) in [7, 11) is 0. The molecule has 3 rings (SSSR count). The highest BCUT2D eigenvalue weighted by atomic mass is 127. The molecule has 2 N–H and O–H groups in total. The number of nitrogens with one attached hydrogen (secondary N) is 2. The van der Waals surface area contributed by atoms with Gasteiger partial charge in [-0.2, -0.15) is 0 Å². The number of guanidine groups is 1. The van der Waals surface area contributed by atoms with Crippen molar-refractivity contribution in [2.45, 2.75) is 71.9 Å². The Morgan fingerprint density at radius 2 is 2.14 bits per heavy atom. The van der Waals surface area contributed by atoms with Crippen LogP contribution in [0.15, 0.2) is 21.5 Å². The molecule has 0 saturated heterocycles. The summed E-state index contributed by atoms with van der Waals surface area (Å²) in [6, 6.07) is 4.07. The predicted octanol–water partition coefficient (Wildman–Crippen LogP) is 3.77. The second-order valence-electron chi connectivity index (χ2n) is 7.17. The third-order valence-corrected chi connectivity index (χ3v) is 4.90. The number of rotatable bonds is 7. The molecule has 2 aromatic rings. The zero-order valence-corrected chi connectivity index (χ0v) is 19.5. The maximum atomic E-state index is 5.70. The van der Waals surface area contributed by atoms with Crippen LogP contribution in [0.5, 0.6) is 0 Å². The molecule has 3 heterocycles. The minimum Gasteiger partial charge on any atom is -0.464 e. The van der Waals surface area contributed by atoms with Crippen LogP contribution in [0.3, 0.4) is 0 Å². The Balaban J connectivity index is 0.00000280. The number of aromatic nitrogens is 3. The van der Waals surface area contributed by atoms with Crippen LogP contribution >= 0.6 is 24.0 Å². The van der Waals surface area contributed by atoms with Crippen molar-refractivity contribution in [3.63, 3.8) is 0 Å². The van der Waals surface area contributed by atoms with E-state index in [2.05, 4.69) is 39.2 Å². The van der Waals surface area contributed by atoms with E-state index in [-0.39, 0.29) is 30.0 Å². The molecule has 2 aromatic heterocycles. The molecule has 0 bridgehead atoms. The Hall–Kier alpha value is -1.58. The topological polar surface area (TPSA) is 80.3 Å². The van der Waals surface area contributed by atoms with Crippen LogP contribution in [0.4, 0.5) is 0 Å². The van der Waals surface area contributed by atoms with E-state index in [1.807, 2.05) is 19.1 Å². The number of fused-ring (bicyclic) bond motifs is 1. The van der Waals surface area contributed by atoms with E-state index in [4.69, 9.17) is 9.41 Å². The summed E-state index contributed by atoms with van der Waals surface area (Å²) in [4.78, 5) is 4.71. The lowest BCUT2D eigenvalue weighted by atomic mass is 10.2. The van der Waals surface area contributed by atoms with E-state index in [1.54, 1.807) is 0 Å². The number of nitrogens with zero attached hydrogens (tertiary/aromatic N) is 4. The van der Waals surface area contributed by atoms with Crippen molar-refractivity contribution in [2.75, 3.05) is 13.1 Å². The van der Waals surface area contributed by atoms with Gasteiger partial charge >= 0.3 is 0 Å². The lowest BCUT2D eigenvalue weighted by Gasteiger charge is -2.16. The van der Waals surface area contributed by atoms with Crippen LogP contribution in [-0.2, 0) is 19.4 Å². The molecule has 0 radical (unpaired) electrons. The van der Waals surface area contributed by atoms with Gasteiger partial charge in [-0.15, -0.1) is 34.2 Å². The molecule has 0 fully saturated rings. The third kappa shape index (κ3) is 6.22. The Bertz CT molecular complexity index is 754. The fourth-order valence-electron chi connectivity index (χ4n) is 3.44. The first-order valence-corrected chi connectivity index (χ1v) is 10.2. The minimum absolute atomic E-state index is 0. The first-order chi connectivity index (χ1) is 13.2. The summed E-state index contributed by atoms with van der Waals surface area (Å²) in [6.07, 6.45) is 6.69. The first-order valence-electron chi connectivity index (χ1n) is 10.2. The molecule has 1 aliphatic heterocycles. The fourth-order valence-corrected chi connectivity index (χ4v) is 3.44. The molecule has 28 heavy (non-hydrogen) atoms. The second kappa shape index (κ2) is 11.4. The van der Waals surface area contributed by atoms with Crippen molar-refractivity contribution in [3.8, 4) is 0 Å². The van der Waals surface area contributed by atoms with Gasteiger partial charge in [0.1, 0.15) is 23.2 Å². The Morgan fingerprint density at radius 1 is 1.29 bits per heavy atom. The summed E-state index contributed by atoms with van der Waals surface area (Å²) in [5, 5.41) is 15.5. The monoisotopic (exact) mass is 500 g/mol. The summed E-state index contributed by atoms with van der Waals surface area (Å²) >= 11 is 0. The van der Waals surface area contributed by atoms with Crippen molar-refractivity contribution in [1.82, 2.24) is 25.4 Å². The van der Waals surface area contributed by atoms with E-state index in [1.165, 1.54) is 19.3 Å². The van der Waals surface area contributed by atoms with Gasteiger partial charge in [0.05, 0.1) is 6.04 Å². The molecular weight excluding hydrogens is 467 g/mol. The molecule has 0 spiro atoms. The van der Waals surface area contributed by atoms with Crippen molar-refractivity contribution in [1.29, 1.82) is 0 Å². The second-order valence-corrected chi connectivity index (χ2v) is 7.17. The van der Waals surface area contributed by atoms with Gasteiger partial charge in [-0.1, -0.05) is 6.42 Å². The number of aliphatic imine (C=N–C) groups is 1. The molecular formula is C20H33IN6O. The first kappa shape index (κ1) is 22.7. The summed E-state index contributed by atoms with van der Waals surface area (Å²) in [6.45, 7) is 8.75. The van der Waals surface area contributed by atoms with Crippen molar-refractivity contribution in [2.24, 2.45) is 4.99 Å². The fraction of sp³-hybridized carbons (Fsp3) is 0.650. The van der Waals surface area contributed by atoms with E-state index in [0.717, 1.165) is 68.0 Å². The number of hydrogen-bond donors (Lipinski definition) is 2. The van der Waals surface area contributed by atoms with E-state index in [9.17, 15) is 0 Å². The van der Waals surface area contributed by atoms with Gasteiger partial charge in [0.2, 0.25) is 0 Å². The molecule has 1 unspecified atom stereocenters. The predicted molar refractivity (Wildman–Crippen MR) is 122 cm³/mol. The minimum atomic E-state index is 0. The van der Waals surface area contributed by atoms with Gasteiger partial charge < -0.3 is 19.6 Å². The highest BCUT2D eigenvalue weighted by Gasteiger charge is 2.14. The highest BCUT2D eigenvalue weighted by Crippen LogP contribution is 2.16. The summed E-state index contributed by atoms with van der Waals surface area (Å²) in [5.41, 5.74) is 0. The molecule has 0 saturated carbocycles. The van der Waals surface area contributed by atoms with Gasteiger partial charge in [0.25, 0.3) is 0 Å². The number of halogens is 1. The van der Waals surface area contributed by atoms with Crippen LogP contribution in [0.25, 0.3) is 0 Å². The van der Waals surface area contributed by atoms with Gasteiger partial charge in [0, 0.05) is 32.5 Å². The molecule has 0 aliphatic carbocycles. The lowest BCUT2D eigenvalue weighted by molar-refractivity contribution is 0.441. The average molecular weight is 500 g/mol. The van der Waals surface area contributed by atoms with E-state index < -0.39 is 0 Å². The standard InChI is InChI=1S/C20H32N6O.HI/c1-4-21-20(23-16(3)17-12-11-15(2)27-17)22-13-8-10-19-25-24-18-9-6-5-7-14-26(18)19;/h11-12,16H,4-10,13-14H2,1-3H3,(H2,21,22,23);1H. The maximum Gasteiger partial charge on any atom is 0.191 e. The highest BCUT2D eigenvalue weighted by molar-refractivity contribution is 14.0. The van der Waals surface area contributed by atoms with Crippen molar-refractivity contribution >= 4 is 29.9 Å². The number of aryl methyl sites for hydroxylation is 3. The molecule has 7 nitrogen and oxygen atoms in total. The number of hydrogen-bond acceptors (Lipinski definition) is 4. The third-order valence-electron chi connectivity index (χ3n) is 4.90. The Kier molecular flexibility index (Phi) is 9.27. The summed E-state index contributed by atoms with van der Waals surface area (Å²) in [5.74, 6) is 4.93. The maximum absolute atomic E-state index is 5.70. The van der Waals surface area contributed by atoms with Crippen LogP contribution < -0.4 is 10.6 Å². The zero-order chi connectivity index (χ0) is 19.1. The lowest BCUT2D eigenvalue weighted by Crippen LogP contribution is -2.38. The van der Waals surface area contributed by atoms with Crippen molar-refractivity contribution < 1.29 is 4.42 Å². The number of furan rings is 1. The Labute approximate surface area is 184 Å². The van der Waals surface area contributed by atoms with Crippen LogP contribution in [-0.4, -0.2) is 33.8 Å². The quantitative estimate of drug-likeness (QED) is 0.262. The normalized spacial score (nSPS) is 15.3. The molecule has 0 amide bonds. The van der Waals surface area contributed by atoms with Crippen LogP contribution in [0.2, 0.25) is 0 Å². The van der Waals surface area contributed by atoms with Gasteiger partial charge in [-0.3, -0.25) is 4.99 Å². The van der Waals surface area contributed by atoms with E-state index >= 15 is 0 Å². The van der Waals surface area contributed by atoms with Crippen LogP contribution in [0, 0.1) is 6.92 Å². The van der Waals surface area contributed by atoms with Crippen LogP contribution in [0.1, 0.15) is 68.7 Å². The molecule has 156 valence electrons. The molecule has 1 atom stereocenters. The molecule has 0 aromatic carbocycles. The van der Waals surface area contributed by atoms with Gasteiger partial charge in [0.15, 0.2) is 5.96 Å². The van der Waals surface area contributed by atoms with Gasteiger partial charge in [-0.25, -0.2) is 0 Å². The average Bonchev–Trinajstić information content (AvgIpc) is 3.18. The summed E-state index contributed by atoms with van der Waals surface area (Å²) < 4.78 is 8.02. The largest absolute Gasteiger partial charge is 0.464 e. The van der Waals surface area contributed by atoms with Crippen molar-refractivity contribution in [3.05, 3.63) is 35.3 Å². The van der Waals surface area contributed by atoms with E-state index in [0.29, 0.717) is 0 Å². The molecule has 8 heteroatoms. The van der Waals surface area contributed by atoms with Gasteiger partial charge in [-0.05, 0) is 52.2 Å². The smallest absolute Gasteiger partial charge is 0.191 e. The molecule has 1 aliphatic rings. The Morgan fingerprint density at radius 3 is 2.89 bits per heavy atom. The zero-order valence-electron chi connectivity index (χ0n) is 17.2.